The van der Waals surface area contributed by atoms with E-state index in [1.54, 1.807) is 0 Å². The molecule has 0 fully saturated rings. The summed E-state index contributed by atoms with van der Waals surface area (Å²) in [5.41, 5.74) is 0. The summed E-state index contributed by atoms with van der Waals surface area (Å²) in [6.45, 7) is 7.42. The van der Waals surface area contributed by atoms with Crippen molar-refractivity contribution in [3.8, 4) is 0 Å². The lowest BCUT2D eigenvalue weighted by Crippen LogP contribution is -2.30. The number of allylic oxidation sites excluding steroid dienone is 24. The van der Waals surface area contributed by atoms with E-state index in [-0.39, 0.29) is 25.2 Å². The normalized spacial score (nSPS) is 13.4. The Morgan fingerprint density at radius 1 is 0.338 bits per heavy atom. The Labute approximate surface area is 419 Å². The van der Waals surface area contributed by atoms with Crippen molar-refractivity contribution < 1.29 is 23.8 Å². The van der Waals surface area contributed by atoms with E-state index in [4.69, 9.17) is 14.2 Å². The van der Waals surface area contributed by atoms with Crippen molar-refractivity contribution in [1.82, 2.24) is 0 Å². The van der Waals surface area contributed by atoms with Gasteiger partial charge in [-0.25, -0.2) is 0 Å². The summed E-state index contributed by atoms with van der Waals surface area (Å²) in [4.78, 5) is 25.4. The van der Waals surface area contributed by atoms with E-state index in [2.05, 4.69) is 167 Å². The van der Waals surface area contributed by atoms with Gasteiger partial charge >= 0.3 is 11.9 Å². The molecule has 0 saturated carbocycles. The summed E-state index contributed by atoms with van der Waals surface area (Å²) >= 11 is 0. The number of carbonyl (C=O) groups is 2. The highest BCUT2D eigenvalue weighted by molar-refractivity contribution is 5.70. The number of rotatable bonds is 48. The lowest BCUT2D eigenvalue weighted by atomic mass is 10.1. The van der Waals surface area contributed by atoms with Crippen molar-refractivity contribution in [2.24, 2.45) is 0 Å². The molecule has 5 heteroatoms. The van der Waals surface area contributed by atoms with Gasteiger partial charge in [-0.3, -0.25) is 9.59 Å². The average Bonchev–Trinajstić information content (AvgIpc) is 3.34. The van der Waals surface area contributed by atoms with E-state index in [1.165, 1.54) is 70.6 Å². The first-order valence-corrected chi connectivity index (χ1v) is 27.4. The van der Waals surface area contributed by atoms with Gasteiger partial charge in [0.25, 0.3) is 0 Å². The highest BCUT2D eigenvalue weighted by Gasteiger charge is 2.17. The molecule has 0 aromatic heterocycles. The van der Waals surface area contributed by atoms with E-state index >= 15 is 0 Å². The minimum absolute atomic E-state index is 0.0208. The zero-order valence-corrected chi connectivity index (χ0v) is 43.8. The van der Waals surface area contributed by atoms with Crippen LogP contribution in [0.2, 0.25) is 0 Å². The number of esters is 2. The second-order valence-electron chi connectivity index (χ2n) is 17.4. The molecule has 0 heterocycles. The summed E-state index contributed by atoms with van der Waals surface area (Å²) in [5.74, 6) is -0.545. The molecule has 0 aliphatic heterocycles. The molecule has 0 aliphatic carbocycles. The smallest absolute Gasteiger partial charge is 0.306 e. The molecular weight excluding hydrogens is 837 g/mol. The van der Waals surface area contributed by atoms with E-state index in [0.717, 1.165) is 103 Å². The van der Waals surface area contributed by atoms with Crippen LogP contribution in [0.5, 0.6) is 0 Å². The van der Waals surface area contributed by atoms with Crippen molar-refractivity contribution >= 4 is 11.9 Å². The molecular formula is C63H100O5. The predicted octanol–water partition coefficient (Wildman–Crippen LogP) is 18.9. The summed E-state index contributed by atoms with van der Waals surface area (Å²) in [6, 6.07) is 0. The van der Waals surface area contributed by atoms with Gasteiger partial charge in [-0.1, -0.05) is 218 Å². The first kappa shape index (κ1) is 63.8. The third kappa shape index (κ3) is 54.4. The van der Waals surface area contributed by atoms with Crippen LogP contribution in [-0.2, 0) is 23.8 Å². The first-order valence-electron chi connectivity index (χ1n) is 27.4. The zero-order chi connectivity index (χ0) is 49.2. The molecule has 0 aliphatic rings. The second kappa shape index (κ2) is 57.1. The van der Waals surface area contributed by atoms with Crippen LogP contribution in [0, 0.1) is 0 Å². The third-order valence-electron chi connectivity index (χ3n) is 10.8. The molecule has 0 aromatic rings. The third-order valence-corrected chi connectivity index (χ3v) is 10.8. The standard InChI is InChI=1S/C63H100O5/c1-4-7-10-13-16-19-22-25-28-31-34-37-40-43-46-49-52-55-58-66-59-61(68-63(65)57-54-51-48-45-42-39-36-33-30-27-24-21-18-15-12-9-6-3)60-67-62(64)56-53-50-47-44-41-38-35-32-29-26-23-20-17-14-11-8-5-2/h8-9,11-12,16-21,25-30,35-36,38-39,44-45,47-48,61H,4-7,10,13-15,22-24,31-34,37,40-43,46,49-60H2,1-3H3/b11-8-,12-9-,19-16-,20-17-,21-18-,28-25-,29-26-,30-27-,38-35-,39-36-,47-44-,48-45-. The Kier molecular flexibility index (Phi) is 53.6. The van der Waals surface area contributed by atoms with Crippen molar-refractivity contribution in [3.63, 3.8) is 0 Å². The van der Waals surface area contributed by atoms with Crippen molar-refractivity contribution in [3.05, 3.63) is 146 Å². The van der Waals surface area contributed by atoms with Crippen LogP contribution in [0.3, 0.4) is 0 Å². The Morgan fingerprint density at radius 3 is 1.06 bits per heavy atom. The fraction of sp³-hybridized carbons (Fsp3) is 0.587. The van der Waals surface area contributed by atoms with Crippen molar-refractivity contribution in [2.75, 3.05) is 19.8 Å². The average molecular weight is 937 g/mol. The van der Waals surface area contributed by atoms with Gasteiger partial charge in [0.1, 0.15) is 6.61 Å². The molecule has 0 amide bonds. The van der Waals surface area contributed by atoms with Gasteiger partial charge in [-0.05, 0) is 128 Å². The number of ether oxygens (including phenoxy) is 3. The number of carbonyl (C=O) groups excluding carboxylic acids is 2. The van der Waals surface area contributed by atoms with Crippen molar-refractivity contribution in [2.45, 2.75) is 219 Å². The summed E-state index contributed by atoms with van der Waals surface area (Å²) in [6.07, 6.45) is 83.0. The Balaban J connectivity index is 4.50. The van der Waals surface area contributed by atoms with Crippen molar-refractivity contribution in [1.29, 1.82) is 0 Å². The minimum atomic E-state index is -0.604. The highest BCUT2D eigenvalue weighted by Crippen LogP contribution is 2.12. The molecule has 382 valence electrons. The highest BCUT2D eigenvalue weighted by atomic mass is 16.6. The van der Waals surface area contributed by atoms with Gasteiger partial charge in [0.2, 0.25) is 0 Å². The second-order valence-corrected chi connectivity index (χ2v) is 17.4. The maximum atomic E-state index is 12.8. The van der Waals surface area contributed by atoms with Gasteiger partial charge in [-0.2, -0.15) is 0 Å². The molecule has 0 spiro atoms. The van der Waals surface area contributed by atoms with Crippen LogP contribution in [-0.4, -0.2) is 37.9 Å². The van der Waals surface area contributed by atoms with Gasteiger partial charge < -0.3 is 14.2 Å². The van der Waals surface area contributed by atoms with E-state index < -0.39 is 6.10 Å². The van der Waals surface area contributed by atoms with Gasteiger partial charge in [0.05, 0.1) is 6.61 Å². The SMILES string of the molecule is CC/C=C\C/C=C\C/C=C\C/C=C\C/C=C\CCCC(=O)OCC(COCCCCCCCCCC/C=C\C/C=C\CCCCC)OC(=O)CCC/C=C\C/C=C\C/C=C\C/C=C\C/C=C\CC. The van der Waals surface area contributed by atoms with Crippen LogP contribution < -0.4 is 0 Å². The van der Waals surface area contributed by atoms with Crippen LogP contribution in [0.1, 0.15) is 213 Å². The minimum Gasteiger partial charge on any atom is -0.462 e. The van der Waals surface area contributed by atoms with Crippen LogP contribution >= 0.6 is 0 Å². The molecule has 0 N–H and O–H groups in total. The molecule has 0 rings (SSSR count). The number of hydrogen-bond acceptors (Lipinski definition) is 5. The molecule has 0 radical (unpaired) electrons. The molecule has 68 heavy (non-hydrogen) atoms. The molecule has 0 bridgehead atoms. The van der Waals surface area contributed by atoms with Crippen LogP contribution in [0.25, 0.3) is 0 Å². The lowest BCUT2D eigenvalue weighted by Gasteiger charge is -2.18. The van der Waals surface area contributed by atoms with Gasteiger partial charge in [0.15, 0.2) is 6.10 Å². The van der Waals surface area contributed by atoms with Crippen LogP contribution in [0.4, 0.5) is 0 Å². The van der Waals surface area contributed by atoms with E-state index in [1.807, 2.05) is 0 Å². The first-order chi connectivity index (χ1) is 33.6. The zero-order valence-electron chi connectivity index (χ0n) is 43.8. The fourth-order valence-electron chi connectivity index (χ4n) is 6.85. The summed E-state index contributed by atoms with van der Waals surface area (Å²) in [5, 5.41) is 0. The molecule has 0 aromatic carbocycles. The number of hydrogen-bond donors (Lipinski definition) is 0. The molecule has 0 saturated heterocycles. The van der Waals surface area contributed by atoms with Gasteiger partial charge in [0, 0.05) is 19.4 Å². The molecule has 1 unspecified atom stereocenters. The molecule has 5 nitrogen and oxygen atoms in total. The Hall–Kier alpha value is -4.22. The summed E-state index contributed by atoms with van der Waals surface area (Å²) in [7, 11) is 0. The predicted molar refractivity (Wildman–Crippen MR) is 297 cm³/mol. The van der Waals surface area contributed by atoms with Crippen LogP contribution in [0.15, 0.2) is 146 Å². The molecule has 1 atom stereocenters. The fourth-order valence-corrected chi connectivity index (χ4v) is 6.85. The Morgan fingerprint density at radius 2 is 0.662 bits per heavy atom. The van der Waals surface area contributed by atoms with E-state index in [9.17, 15) is 9.59 Å². The Bertz CT molecular complexity index is 1480. The maximum absolute atomic E-state index is 12.8. The maximum Gasteiger partial charge on any atom is 0.306 e. The van der Waals surface area contributed by atoms with E-state index in [0.29, 0.717) is 25.9 Å². The number of unbranched alkanes of at least 4 members (excludes halogenated alkanes) is 13. The summed E-state index contributed by atoms with van der Waals surface area (Å²) < 4.78 is 17.3. The largest absolute Gasteiger partial charge is 0.462 e. The van der Waals surface area contributed by atoms with Gasteiger partial charge in [-0.15, -0.1) is 0 Å². The monoisotopic (exact) mass is 937 g/mol. The topological polar surface area (TPSA) is 61.8 Å². The lowest BCUT2D eigenvalue weighted by molar-refractivity contribution is -0.162. The quantitative estimate of drug-likeness (QED) is 0.0346.